The lowest BCUT2D eigenvalue weighted by atomic mass is 9.88. The summed E-state index contributed by atoms with van der Waals surface area (Å²) in [6, 6.07) is 7.67. The molecule has 2 fully saturated rings. The summed E-state index contributed by atoms with van der Waals surface area (Å²) in [5, 5.41) is 3.63. The lowest BCUT2D eigenvalue weighted by molar-refractivity contribution is -0.0166. The zero-order chi connectivity index (χ0) is 20.5. The van der Waals surface area contributed by atoms with Crippen LogP contribution in [0.25, 0.3) is 0 Å². The molecule has 2 heterocycles. The summed E-state index contributed by atoms with van der Waals surface area (Å²) in [6.07, 6.45) is 4.78. The van der Waals surface area contributed by atoms with Crippen molar-refractivity contribution in [1.29, 1.82) is 0 Å². The van der Waals surface area contributed by atoms with Crippen LogP contribution in [0.15, 0.2) is 29.3 Å². The van der Waals surface area contributed by atoms with Gasteiger partial charge in [-0.05, 0) is 63.0 Å². The summed E-state index contributed by atoms with van der Waals surface area (Å²) in [5.74, 6) is 2.59. The molecule has 2 aliphatic rings. The molecule has 29 heavy (non-hydrogen) atoms. The number of hydrogen-bond acceptors (Lipinski definition) is 5. The predicted molar refractivity (Wildman–Crippen MR) is 116 cm³/mol. The molecule has 3 rings (SSSR count). The largest absolute Gasteiger partial charge is 0.497 e. The molecule has 0 aromatic heterocycles. The number of nitrogens with one attached hydrogen (secondary N) is 1. The molecular weight excluding hydrogens is 368 g/mol. The Labute approximate surface area is 175 Å². The lowest BCUT2D eigenvalue weighted by Gasteiger charge is -2.45. The summed E-state index contributed by atoms with van der Waals surface area (Å²) in [7, 11) is 5.56. The molecular formula is C22H36N4O3. The van der Waals surface area contributed by atoms with Crippen LogP contribution in [0.5, 0.6) is 11.5 Å². The molecule has 162 valence electrons. The molecule has 1 N–H and O–H groups in total. The van der Waals surface area contributed by atoms with E-state index in [1.54, 1.807) is 7.11 Å². The smallest absolute Gasteiger partial charge is 0.193 e. The van der Waals surface area contributed by atoms with E-state index in [-0.39, 0.29) is 5.54 Å². The van der Waals surface area contributed by atoms with Crippen LogP contribution in [-0.2, 0) is 4.74 Å². The number of hydrogen-bond donors (Lipinski definition) is 1. The number of likely N-dealkylation sites (tertiary alicyclic amines) is 1. The molecule has 7 nitrogen and oxygen atoms in total. The molecule has 2 aliphatic heterocycles. The summed E-state index contributed by atoms with van der Waals surface area (Å²) in [5.41, 5.74) is 0.186. The van der Waals surface area contributed by atoms with E-state index in [1.807, 2.05) is 31.3 Å². The van der Waals surface area contributed by atoms with Gasteiger partial charge in [-0.25, -0.2) is 0 Å². The highest BCUT2D eigenvalue weighted by atomic mass is 16.5. The minimum Gasteiger partial charge on any atom is -0.497 e. The van der Waals surface area contributed by atoms with Gasteiger partial charge in [0.1, 0.15) is 18.1 Å². The van der Waals surface area contributed by atoms with Gasteiger partial charge in [0.05, 0.1) is 13.7 Å². The highest BCUT2D eigenvalue weighted by Crippen LogP contribution is 2.30. The summed E-state index contributed by atoms with van der Waals surface area (Å²) in [4.78, 5) is 9.28. The first kappa shape index (κ1) is 21.7. The second-order valence-corrected chi connectivity index (χ2v) is 7.88. The molecule has 2 saturated heterocycles. The molecule has 0 radical (unpaired) electrons. The van der Waals surface area contributed by atoms with Gasteiger partial charge >= 0.3 is 0 Å². The van der Waals surface area contributed by atoms with E-state index < -0.39 is 0 Å². The third-order valence-corrected chi connectivity index (χ3v) is 6.10. The van der Waals surface area contributed by atoms with E-state index in [2.05, 4.69) is 27.2 Å². The van der Waals surface area contributed by atoms with Crippen molar-refractivity contribution in [2.24, 2.45) is 4.99 Å². The van der Waals surface area contributed by atoms with E-state index in [1.165, 1.54) is 25.9 Å². The molecule has 0 bridgehead atoms. The fourth-order valence-corrected chi connectivity index (χ4v) is 4.25. The van der Waals surface area contributed by atoms with Crippen LogP contribution in [-0.4, -0.2) is 88.5 Å². The molecule has 0 spiro atoms. The molecule has 1 aromatic carbocycles. The standard InChI is InChI=1S/C22H36N4O3/c1-23-21(25(2)14-17-29-20-8-6-19(27-3)7-9-20)24-18-22(10-15-28-16-11-22)26-12-4-5-13-26/h6-9H,4-5,10-18H2,1-3H3,(H,23,24). The Morgan fingerprint density at radius 2 is 1.83 bits per heavy atom. The van der Waals surface area contributed by atoms with Crippen LogP contribution in [0, 0.1) is 0 Å². The highest BCUT2D eigenvalue weighted by molar-refractivity contribution is 5.79. The zero-order valence-electron chi connectivity index (χ0n) is 18.2. The van der Waals surface area contributed by atoms with Gasteiger partial charge in [0.15, 0.2) is 5.96 Å². The average Bonchev–Trinajstić information content (AvgIpc) is 3.31. The maximum Gasteiger partial charge on any atom is 0.193 e. The van der Waals surface area contributed by atoms with Crippen molar-refractivity contribution in [3.63, 3.8) is 0 Å². The Morgan fingerprint density at radius 1 is 1.17 bits per heavy atom. The van der Waals surface area contributed by atoms with Crippen molar-refractivity contribution in [2.75, 3.05) is 67.2 Å². The van der Waals surface area contributed by atoms with Gasteiger partial charge in [0.25, 0.3) is 0 Å². The third kappa shape index (κ3) is 5.76. The first-order valence-electron chi connectivity index (χ1n) is 10.7. The minimum atomic E-state index is 0.186. The summed E-state index contributed by atoms with van der Waals surface area (Å²) in [6.45, 7) is 6.36. The lowest BCUT2D eigenvalue weighted by Crippen LogP contribution is -2.58. The van der Waals surface area contributed by atoms with Crippen molar-refractivity contribution < 1.29 is 14.2 Å². The molecule has 7 heteroatoms. The molecule has 0 aliphatic carbocycles. The monoisotopic (exact) mass is 404 g/mol. The Morgan fingerprint density at radius 3 is 2.45 bits per heavy atom. The zero-order valence-corrected chi connectivity index (χ0v) is 18.2. The second kappa shape index (κ2) is 10.7. The SMILES string of the molecule is CN=C(NCC1(N2CCCC2)CCOCC1)N(C)CCOc1ccc(OC)cc1. The maximum absolute atomic E-state index is 5.86. The van der Waals surface area contributed by atoms with Crippen molar-refractivity contribution in [1.82, 2.24) is 15.1 Å². The Hall–Kier alpha value is -1.99. The van der Waals surface area contributed by atoms with Crippen molar-refractivity contribution in [3.8, 4) is 11.5 Å². The van der Waals surface area contributed by atoms with Crippen LogP contribution in [0.3, 0.4) is 0 Å². The van der Waals surface area contributed by atoms with E-state index in [0.29, 0.717) is 6.61 Å². The van der Waals surface area contributed by atoms with Crippen LogP contribution < -0.4 is 14.8 Å². The number of guanidine groups is 1. The molecule has 1 aromatic rings. The maximum atomic E-state index is 5.86. The van der Waals surface area contributed by atoms with Crippen LogP contribution in [0.2, 0.25) is 0 Å². The number of rotatable bonds is 8. The Bertz CT molecular complexity index is 638. The van der Waals surface area contributed by atoms with E-state index in [0.717, 1.165) is 56.6 Å². The summed E-state index contributed by atoms with van der Waals surface area (Å²) >= 11 is 0. The van der Waals surface area contributed by atoms with Crippen molar-refractivity contribution in [2.45, 2.75) is 31.2 Å². The first-order chi connectivity index (χ1) is 14.2. The van der Waals surface area contributed by atoms with Gasteiger partial charge in [-0.15, -0.1) is 0 Å². The number of methoxy groups -OCH3 is 1. The molecule has 0 atom stereocenters. The molecule has 0 saturated carbocycles. The first-order valence-corrected chi connectivity index (χ1v) is 10.7. The number of benzene rings is 1. The highest BCUT2D eigenvalue weighted by Gasteiger charge is 2.39. The molecule has 0 amide bonds. The van der Waals surface area contributed by atoms with Crippen LogP contribution >= 0.6 is 0 Å². The number of ether oxygens (including phenoxy) is 3. The van der Waals surface area contributed by atoms with E-state index in [4.69, 9.17) is 14.2 Å². The van der Waals surface area contributed by atoms with Gasteiger partial charge in [0, 0.05) is 39.4 Å². The van der Waals surface area contributed by atoms with Gasteiger partial charge in [-0.1, -0.05) is 0 Å². The quantitative estimate of drug-likeness (QED) is 0.530. The number of likely N-dealkylation sites (N-methyl/N-ethyl adjacent to an activating group) is 1. The van der Waals surface area contributed by atoms with E-state index >= 15 is 0 Å². The fraction of sp³-hybridized carbons (Fsp3) is 0.682. The van der Waals surface area contributed by atoms with Gasteiger partial charge in [-0.2, -0.15) is 0 Å². The van der Waals surface area contributed by atoms with Crippen molar-refractivity contribution >= 4 is 5.96 Å². The number of nitrogens with zero attached hydrogens (tertiary/aromatic N) is 3. The third-order valence-electron chi connectivity index (χ3n) is 6.10. The van der Waals surface area contributed by atoms with E-state index in [9.17, 15) is 0 Å². The van der Waals surface area contributed by atoms with Crippen LogP contribution in [0.4, 0.5) is 0 Å². The number of aliphatic imine (C=N–C) groups is 1. The summed E-state index contributed by atoms with van der Waals surface area (Å²) < 4.78 is 16.7. The van der Waals surface area contributed by atoms with Gasteiger partial charge in [-0.3, -0.25) is 9.89 Å². The normalized spacial score (nSPS) is 19.8. The minimum absolute atomic E-state index is 0.186. The van der Waals surface area contributed by atoms with Crippen molar-refractivity contribution in [3.05, 3.63) is 24.3 Å². The predicted octanol–water partition coefficient (Wildman–Crippen LogP) is 2.23. The van der Waals surface area contributed by atoms with Gasteiger partial charge < -0.3 is 24.4 Å². The topological polar surface area (TPSA) is 58.6 Å². The second-order valence-electron chi connectivity index (χ2n) is 7.88. The average molecular weight is 405 g/mol. The molecule has 0 unspecified atom stereocenters. The van der Waals surface area contributed by atoms with Crippen LogP contribution in [0.1, 0.15) is 25.7 Å². The Balaban J connectivity index is 1.48. The Kier molecular flexibility index (Phi) is 8.00. The fourth-order valence-electron chi connectivity index (χ4n) is 4.25. The van der Waals surface area contributed by atoms with Gasteiger partial charge in [0.2, 0.25) is 0 Å².